The van der Waals surface area contributed by atoms with Crippen LogP contribution < -0.4 is 0 Å². The van der Waals surface area contributed by atoms with Gasteiger partial charge in [-0.15, -0.1) is 0 Å². The Kier molecular flexibility index (Phi) is 3.47. The highest BCUT2D eigenvalue weighted by atomic mass is 16.2. The van der Waals surface area contributed by atoms with Crippen LogP contribution in [0.4, 0.5) is 0 Å². The molecule has 1 unspecified atom stereocenters. The van der Waals surface area contributed by atoms with Crippen molar-refractivity contribution in [2.75, 3.05) is 19.8 Å². The molecule has 1 saturated heterocycles. The molecule has 6 heteroatoms. The lowest BCUT2D eigenvalue weighted by atomic mass is 9.98. The second kappa shape index (κ2) is 5.16. The Hall–Kier alpha value is -1.85. The number of carbonyl (C=O) groups excluding carboxylic acids is 2. The number of nitrogens with one attached hydrogen (secondary N) is 1. The fourth-order valence-corrected chi connectivity index (χ4v) is 3.13. The summed E-state index contributed by atoms with van der Waals surface area (Å²) in [5.41, 5.74) is 2.80. The number of nitrogens with zero attached hydrogens (tertiary/aromatic N) is 3. The number of aromatic amines is 1. The number of rotatable bonds is 3. The van der Waals surface area contributed by atoms with Gasteiger partial charge in [0, 0.05) is 30.3 Å². The van der Waals surface area contributed by atoms with Gasteiger partial charge in [-0.05, 0) is 33.6 Å². The molecular formula is C15H22N4O2. The lowest BCUT2D eigenvalue weighted by Gasteiger charge is -2.22. The van der Waals surface area contributed by atoms with Crippen molar-refractivity contribution < 1.29 is 9.59 Å². The van der Waals surface area contributed by atoms with Gasteiger partial charge in [0.05, 0.1) is 18.3 Å². The number of amides is 2. The Labute approximate surface area is 124 Å². The van der Waals surface area contributed by atoms with Crippen LogP contribution in [0.25, 0.3) is 0 Å². The Bertz CT molecular complexity index is 557. The predicted octanol–water partition coefficient (Wildman–Crippen LogP) is 1.17. The Morgan fingerprint density at radius 1 is 1.24 bits per heavy atom. The van der Waals surface area contributed by atoms with Crippen LogP contribution in [0.1, 0.15) is 42.6 Å². The first-order chi connectivity index (χ1) is 9.99. The quantitative estimate of drug-likeness (QED) is 0.908. The fraction of sp³-hybridized carbons (Fsp3) is 0.667. The summed E-state index contributed by atoms with van der Waals surface area (Å²) in [5.74, 6) is 0.290. The van der Waals surface area contributed by atoms with Gasteiger partial charge < -0.3 is 9.80 Å². The maximum absolute atomic E-state index is 12.6. The number of carbonyl (C=O) groups is 2. The SMILES string of the molecule is Cc1n[nH]c(C)c1C(C)C(=O)N1CCN(C(=O)C2CC2)C1. The molecule has 1 aromatic rings. The Balaban J connectivity index is 1.67. The van der Waals surface area contributed by atoms with E-state index in [1.54, 1.807) is 4.90 Å². The zero-order valence-corrected chi connectivity index (χ0v) is 12.8. The summed E-state index contributed by atoms with van der Waals surface area (Å²) in [7, 11) is 0. The molecule has 2 aliphatic rings. The molecular weight excluding hydrogens is 268 g/mol. The standard InChI is InChI=1S/C15H22N4O2/c1-9(13-10(2)16-17-11(13)3)14(20)18-6-7-19(8-18)15(21)12-4-5-12/h9,12H,4-8H2,1-3H3,(H,16,17). The largest absolute Gasteiger partial charge is 0.323 e. The molecule has 3 rings (SSSR count). The van der Waals surface area contributed by atoms with Gasteiger partial charge in [-0.3, -0.25) is 14.7 Å². The van der Waals surface area contributed by atoms with E-state index >= 15 is 0 Å². The van der Waals surface area contributed by atoms with E-state index in [-0.39, 0.29) is 23.7 Å². The summed E-state index contributed by atoms with van der Waals surface area (Å²) < 4.78 is 0. The number of hydrogen-bond donors (Lipinski definition) is 1. The van der Waals surface area contributed by atoms with Crippen LogP contribution in [-0.2, 0) is 9.59 Å². The smallest absolute Gasteiger partial charge is 0.231 e. The molecule has 114 valence electrons. The third kappa shape index (κ3) is 2.54. The van der Waals surface area contributed by atoms with Crippen molar-refractivity contribution in [2.24, 2.45) is 5.92 Å². The zero-order valence-electron chi connectivity index (χ0n) is 12.8. The molecule has 0 aromatic carbocycles. The minimum Gasteiger partial charge on any atom is -0.323 e. The highest BCUT2D eigenvalue weighted by molar-refractivity contribution is 5.86. The van der Waals surface area contributed by atoms with Crippen molar-refractivity contribution in [3.8, 4) is 0 Å². The summed E-state index contributed by atoms with van der Waals surface area (Å²) in [6.07, 6.45) is 2.01. The minimum absolute atomic E-state index is 0.0775. The first kappa shape index (κ1) is 14.1. The van der Waals surface area contributed by atoms with E-state index in [2.05, 4.69) is 10.2 Å². The average Bonchev–Trinajstić information content (AvgIpc) is 3.10. The van der Waals surface area contributed by atoms with Crippen LogP contribution in [0.3, 0.4) is 0 Å². The predicted molar refractivity (Wildman–Crippen MR) is 77.5 cm³/mol. The van der Waals surface area contributed by atoms with Crippen LogP contribution in [0, 0.1) is 19.8 Å². The summed E-state index contributed by atoms with van der Waals surface area (Å²) in [4.78, 5) is 28.3. The summed E-state index contributed by atoms with van der Waals surface area (Å²) in [5, 5.41) is 7.09. The summed E-state index contributed by atoms with van der Waals surface area (Å²) in [6, 6.07) is 0. The van der Waals surface area contributed by atoms with E-state index in [4.69, 9.17) is 0 Å². The van der Waals surface area contributed by atoms with Crippen molar-refractivity contribution >= 4 is 11.8 Å². The zero-order chi connectivity index (χ0) is 15.1. The maximum Gasteiger partial charge on any atom is 0.231 e. The first-order valence-corrected chi connectivity index (χ1v) is 7.58. The highest BCUT2D eigenvalue weighted by Gasteiger charge is 2.38. The lowest BCUT2D eigenvalue weighted by molar-refractivity contribution is -0.135. The van der Waals surface area contributed by atoms with Crippen LogP contribution in [0.15, 0.2) is 0 Å². The number of H-pyrrole nitrogens is 1. The van der Waals surface area contributed by atoms with Gasteiger partial charge in [-0.25, -0.2) is 0 Å². The Morgan fingerprint density at radius 2 is 1.90 bits per heavy atom. The fourth-order valence-electron chi connectivity index (χ4n) is 3.13. The van der Waals surface area contributed by atoms with Crippen LogP contribution >= 0.6 is 0 Å². The summed E-state index contributed by atoms with van der Waals surface area (Å²) >= 11 is 0. The highest BCUT2D eigenvalue weighted by Crippen LogP contribution is 2.32. The molecule has 1 aliphatic carbocycles. The lowest BCUT2D eigenvalue weighted by Crippen LogP contribution is -2.36. The molecule has 1 N–H and O–H groups in total. The average molecular weight is 290 g/mol. The van der Waals surface area contributed by atoms with Crippen molar-refractivity contribution in [3.63, 3.8) is 0 Å². The van der Waals surface area contributed by atoms with Crippen LogP contribution in [0.5, 0.6) is 0 Å². The first-order valence-electron chi connectivity index (χ1n) is 7.58. The molecule has 21 heavy (non-hydrogen) atoms. The third-order valence-electron chi connectivity index (χ3n) is 4.52. The molecule has 1 aromatic heterocycles. The third-order valence-corrected chi connectivity index (χ3v) is 4.52. The van der Waals surface area contributed by atoms with E-state index in [1.807, 2.05) is 25.7 Å². The number of aryl methyl sites for hydroxylation is 2. The maximum atomic E-state index is 12.6. The van der Waals surface area contributed by atoms with Gasteiger partial charge >= 0.3 is 0 Å². The van der Waals surface area contributed by atoms with Crippen LogP contribution in [0.2, 0.25) is 0 Å². The Morgan fingerprint density at radius 3 is 2.48 bits per heavy atom. The van der Waals surface area contributed by atoms with E-state index in [9.17, 15) is 9.59 Å². The van der Waals surface area contributed by atoms with Gasteiger partial charge in [-0.1, -0.05) is 0 Å². The summed E-state index contributed by atoms with van der Waals surface area (Å²) in [6.45, 7) is 7.50. The van der Waals surface area contributed by atoms with E-state index in [0.717, 1.165) is 29.8 Å². The molecule has 2 heterocycles. The van der Waals surface area contributed by atoms with Gasteiger partial charge in [0.15, 0.2) is 0 Å². The van der Waals surface area contributed by atoms with Crippen molar-refractivity contribution in [3.05, 3.63) is 17.0 Å². The monoisotopic (exact) mass is 290 g/mol. The normalized spacial score (nSPS) is 20.0. The molecule has 0 spiro atoms. The molecule has 1 saturated carbocycles. The van der Waals surface area contributed by atoms with Crippen molar-refractivity contribution in [2.45, 2.75) is 39.5 Å². The van der Waals surface area contributed by atoms with E-state index < -0.39 is 0 Å². The van der Waals surface area contributed by atoms with Crippen LogP contribution in [-0.4, -0.2) is 51.6 Å². The topological polar surface area (TPSA) is 69.3 Å². The van der Waals surface area contributed by atoms with Gasteiger partial charge in [-0.2, -0.15) is 5.10 Å². The van der Waals surface area contributed by atoms with Gasteiger partial charge in [0.25, 0.3) is 0 Å². The molecule has 2 fully saturated rings. The van der Waals surface area contributed by atoms with E-state index in [1.165, 1.54) is 0 Å². The second-order valence-corrected chi connectivity index (χ2v) is 6.19. The molecule has 1 atom stereocenters. The molecule has 0 bridgehead atoms. The molecule has 1 aliphatic heterocycles. The van der Waals surface area contributed by atoms with Crippen molar-refractivity contribution in [1.82, 2.24) is 20.0 Å². The van der Waals surface area contributed by atoms with Gasteiger partial charge in [0.2, 0.25) is 11.8 Å². The number of aromatic nitrogens is 2. The van der Waals surface area contributed by atoms with Gasteiger partial charge in [0.1, 0.15) is 0 Å². The molecule has 6 nitrogen and oxygen atoms in total. The number of hydrogen-bond acceptors (Lipinski definition) is 3. The molecule has 2 amide bonds. The van der Waals surface area contributed by atoms with E-state index in [0.29, 0.717) is 19.8 Å². The minimum atomic E-state index is -0.222. The van der Waals surface area contributed by atoms with Crippen molar-refractivity contribution in [1.29, 1.82) is 0 Å². The second-order valence-electron chi connectivity index (χ2n) is 6.19. The molecule has 0 radical (unpaired) electrons.